The van der Waals surface area contributed by atoms with E-state index in [0.717, 1.165) is 11.8 Å². The van der Waals surface area contributed by atoms with Crippen LogP contribution in [0, 0.1) is 11.8 Å². The molecule has 6 rings (SSSR count). The summed E-state index contributed by atoms with van der Waals surface area (Å²) >= 11 is 0. The van der Waals surface area contributed by atoms with Gasteiger partial charge in [-0.1, -0.05) is 97.1 Å². The predicted molar refractivity (Wildman–Crippen MR) is 115 cm³/mol. The smallest absolute Gasteiger partial charge is 0.00296 e. The van der Waals surface area contributed by atoms with Gasteiger partial charge in [-0.05, 0) is 61.7 Å². The molecule has 0 amide bonds. The van der Waals surface area contributed by atoms with Crippen LogP contribution >= 0.6 is 0 Å². The van der Waals surface area contributed by atoms with Gasteiger partial charge in [0.05, 0.1) is 0 Å². The minimum atomic E-state index is 0.727. The van der Waals surface area contributed by atoms with Crippen LogP contribution in [0.4, 0.5) is 0 Å². The molecule has 0 aromatic heterocycles. The molecule has 0 saturated heterocycles. The highest BCUT2D eigenvalue weighted by Crippen LogP contribution is 2.43. The number of fused-ring (bicyclic) bond motifs is 3. The lowest BCUT2D eigenvalue weighted by Crippen LogP contribution is -2.32. The summed E-state index contributed by atoms with van der Waals surface area (Å²) in [5.41, 5.74) is 5.41. The first kappa shape index (κ1) is 15.0. The number of hydrogen-bond donors (Lipinski definition) is 0. The molecule has 4 aromatic carbocycles. The van der Waals surface area contributed by atoms with Gasteiger partial charge in [0.25, 0.3) is 0 Å². The first-order chi connectivity index (χ1) is 13.4. The fraction of sp³-hybridized carbons (Fsp3) is 0.111. The molecular weight excluding hydrogens is 324 g/mol. The topological polar surface area (TPSA) is 0 Å². The van der Waals surface area contributed by atoms with Gasteiger partial charge in [0.1, 0.15) is 0 Å². The van der Waals surface area contributed by atoms with Crippen molar-refractivity contribution in [3.63, 3.8) is 0 Å². The predicted octanol–water partition coefficient (Wildman–Crippen LogP) is 5.38. The molecule has 1 saturated carbocycles. The quantitative estimate of drug-likeness (QED) is 0.458. The van der Waals surface area contributed by atoms with Gasteiger partial charge in [-0.15, -0.1) is 0 Å². The molecule has 0 radical (unpaired) electrons. The van der Waals surface area contributed by atoms with E-state index < -0.39 is 0 Å². The third kappa shape index (κ3) is 2.30. The number of hydrogen-bond acceptors (Lipinski definition) is 0. The van der Waals surface area contributed by atoms with Crippen molar-refractivity contribution in [1.29, 1.82) is 0 Å². The van der Waals surface area contributed by atoms with Crippen molar-refractivity contribution in [3.8, 4) is 22.3 Å². The summed E-state index contributed by atoms with van der Waals surface area (Å²) in [7, 11) is 0. The van der Waals surface area contributed by atoms with Crippen LogP contribution in [0.25, 0.3) is 45.2 Å². The lowest BCUT2D eigenvalue weighted by molar-refractivity contribution is 1.06. The van der Waals surface area contributed by atoms with E-state index in [0.29, 0.717) is 0 Å². The molecule has 0 aliphatic heterocycles. The monoisotopic (exact) mass is 344 g/mol. The first-order valence-electron chi connectivity index (χ1n) is 9.79. The van der Waals surface area contributed by atoms with Gasteiger partial charge in [0.15, 0.2) is 0 Å². The minimum absolute atomic E-state index is 0.727. The van der Waals surface area contributed by atoms with E-state index in [1.807, 2.05) is 0 Å². The van der Waals surface area contributed by atoms with Crippen LogP contribution < -0.4 is 10.4 Å². The zero-order chi connectivity index (χ0) is 17.8. The first-order valence-corrected chi connectivity index (χ1v) is 9.79. The van der Waals surface area contributed by atoms with E-state index >= 15 is 0 Å². The highest BCUT2D eigenvalue weighted by molar-refractivity contribution is 6.06. The van der Waals surface area contributed by atoms with E-state index in [-0.39, 0.29) is 0 Å². The van der Waals surface area contributed by atoms with Crippen LogP contribution in [0.3, 0.4) is 0 Å². The molecule has 1 fully saturated rings. The Morgan fingerprint density at radius 3 is 1.33 bits per heavy atom. The van der Waals surface area contributed by atoms with E-state index in [4.69, 9.17) is 0 Å². The van der Waals surface area contributed by atoms with Gasteiger partial charge in [-0.3, -0.25) is 0 Å². The summed E-state index contributed by atoms with van der Waals surface area (Å²) in [5, 5.41) is 5.56. The second kappa shape index (κ2) is 5.69. The molecule has 0 heterocycles. The summed E-state index contributed by atoms with van der Waals surface area (Å²) < 4.78 is 0. The molecule has 0 spiro atoms. The van der Waals surface area contributed by atoms with E-state index in [9.17, 15) is 0 Å². The molecule has 0 nitrogen and oxygen atoms in total. The van der Waals surface area contributed by atoms with Crippen LogP contribution in [0.1, 0.15) is 6.42 Å². The van der Waals surface area contributed by atoms with Gasteiger partial charge in [-0.2, -0.15) is 0 Å². The van der Waals surface area contributed by atoms with Crippen LogP contribution in [0.2, 0.25) is 0 Å². The largest absolute Gasteiger partial charge is 0.0723 e. The summed E-state index contributed by atoms with van der Waals surface area (Å²) in [6, 6.07) is 30.7. The van der Waals surface area contributed by atoms with E-state index in [1.54, 1.807) is 0 Å². The van der Waals surface area contributed by atoms with Crippen molar-refractivity contribution in [2.24, 2.45) is 11.8 Å². The average Bonchev–Trinajstić information content (AvgIpc) is 3.50. The van der Waals surface area contributed by atoms with E-state index in [2.05, 4.69) is 97.1 Å². The SMILES string of the molecule is C1=c2c(-c3ccccc3)c3ccccc3c(-c3ccccc3)c2=C[C@@H]2CC12. The highest BCUT2D eigenvalue weighted by Gasteiger charge is 2.35. The number of rotatable bonds is 2. The zero-order valence-corrected chi connectivity index (χ0v) is 15.1. The van der Waals surface area contributed by atoms with Crippen molar-refractivity contribution in [1.82, 2.24) is 0 Å². The maximum absolute atomic E-state index is 2.54. The van der Waals surface area contributed by atoms with Crippen LogP contribution in [0.5, 0.6) is 0 Å². The van der Waals surface area contributed by atoms with Crippen molar-refractivity contribution < 1.29 is 0 Å². The summed E-state index contributed by atoms with van der Waals surface area (Å²) in [5.74, 6) is 1.45. The summed E-state index contributed by atoms with van der Waals surface area (Å²) in [6.07, 6.45) is 6.38. The second-order valence-electron chi connectivity index (χ2n) is 7.75. The average molecular weight is 344 g/mol. The van der Waals surface area contributed by atoms with Crippen molar-refractivity contribution in [2.45, 2.75) is 6.42 Å². The Balaban J connectivity index is 1.85. The Bertz CT molecular complexity index is 1180. The van der Waals surface area contributed by atoms with Gasteiger partial charge in [0, 0.05) is 0 Å². The molecule has 0 heteroatoms. The third-order valence-electron chi connectivity index (χ3n) is 6.07. The second-order valence-corrected chi connectivity index (χ2v) is 7.75. The van der Waals surface area contributed by atoms with Crippen molar-refractivity contribution in [2.75, 3.05) is 0 Å². The summed E-state index contributed by atoms with van der Waals surface area (Å²) in [4.78, 5) is 0. The van der Waals surface area contributed by atoms with Gasteiger partial charge in [-0.25, -0.2) is 0 Å². The van der Waals surface area contributed by atoms with Crippen molar-refractivity contribution in [3.05, 3.63) is 95.4 Å². The Morgan fingerprint density at radius 1 is 0.481 bits per heavy atom. The molecule has 27 heavy (non-hydrogen) atoms. The van der Waals surface area contributed by atoms with Crippen LogP contribution in [-0.4, -0.2) is 0 Å². The van der Waals surface area contributed by atoms with Crippen LogP contribution in [0.15, 0.2) is 84.9 Å². The maximum Gasteiger partial charge on any atom is -0.00296 e. The Labute approximate surface area is 159 Å². The van der Waals surface area contributed by atoms with Crippen molar-refractivity contribution >= 4 is 22.9 Å². The standard InChI is InChI=1S/C27H20/c1-3-9-18(10-4-1)26-22-13-7-8-14-23(22)27(19-11-5-2-6-12-19)25-17-21-15-20(21)16-24(25)26/h1-14,16-17,20-21H,15H2/t20-,21?/m0/s1. The molecule has 2 atom stereocenters. The van der Waals surface area contributed by atoms with E-state index in [1.165, 1.54) is 49.9 Å². The molecule has 0 N–H and O–H groups in total. The molecule has 0 bridgehead atoms. The lowest BCUT2D eigenvalue weighted by Gasteiger charge is -2.17. The Hall–Kier alpha value is -3.12. The van der Waals surface area contributed by atoms with Gasteiger partial charge in [0.2, 0.25) is 0 Å². The zero-order valence-electron chi connectivity index (χ0n) is 15.1. The Morgan fingerprint density at radius 2 is 0.889 bits per heavy atom. The fourth-order valence-electron chi connectivity index (χ4n) is 4.70. The highest BCUT2D eigenvalue weighted by atomic mass is 14.4. The molecule has 128 valence electrons. The minimum Gasteiger partial charge on any atom is -0.0723 e. The van der Waals surface area contributed by atoms with Gasteiger partial charge >= 0.3 is 0 Å². The van der Waals surface area contributed by atoms with Crippen LogP contribution in [-0.2, 0) is 0 Å². The molecule has 4 aromatic rings. The lowest BCUT2D eigenvalue weighted by atomic mass is 9.86. The molecule has 2 aliphatic carbocycles. The maximum atomic E-state index is 2.54. The molecule has 1 unspecified atom stereocenters. The normalized spacial score (nSPS) is 19.6. The molecular formula is C27H20. The molecule has 2 aliphatic rings. The van der Waals surface area contributed by atoms with Gasteiger partial charge < -0.3 is 0 Å². The Kier molecular flexibility index (Phi) is 3.16. The fourth-order valence-corrected chi connectivity index (χ4v) is 4.70. The third-order valence-corrected chi connectivity index (χ3v) is 6.07. The number of benzene rings is 4. The summed E-state index contributed by atoms with van der Waals surface area (Å²) in [6.45, 7) is 0.